The molecule has 0 aliphatic rings. The molecule has 0 bridgehead atoms. The second-order valence-electron chi connectivity index (χ2n) is 3.98. The van der Waals surface area contributed by atoms with Crippen LogP contribution >= 0.6 is 0 Å². The lowest BCUT2D eigenvalue weighted by Crippen LogP contribution is -2.25. The lowest BCUT2D eigenvalue weighted by molar-refractivity contribution is -0.132. The Morgan fingerprint density at radius 2 is 2.06 bits per heavy atom. The summed E-state index contributed by atoms with van der Waals surface area (Å²) in [6.45, 7) is 2.64. The minimum absolute atomic E-state index is 0.130. The third-order valence-electron chi connectivity index (χ3n) is 2.30. The molecule has 1 N–H and O–H groups in total. The van der Waals surface area contributed by atoms with Crippen molar-refractivity contribution in [1.29, 1.82) is 0 Å². The van der Waals surface area contributed by atoms with Crippen LogP contribution in [0, 0.1) is 0 Å². The van der Waals surface area contributed by atoms with Gasteiger partial charge < -0.3 is 10.2 Å². The zero-order valence-electron chi connectivity index (χ0n) is 10.5. The van der Waals surface area contributed by atoms with Crippen molar-refractivity contribution in [1.82, 2.24) is 9.97 Å². The highest BCUT2D eigenvalue weighted by atomic mass is 19.4. The molecule has 1 aromatic heterocycles. The molecule has 4 nitrogen and oxygen atoms in total. The highest BCUT2D eigenvalue weighted by Crippen LogP contribution is 2.21. The van der Waals surface area contributed by atoms with E-state index in [1.165, 1.54) is 11.1 Å². The van der Waals surface area contributed by atoms with E-state index in [1.807, 2.05) is 6.92 Å². The maximum absolute atomic E-state index is 12.1. The molecule has 1 rings (SSSR count). The highest BCUT2D eigenvalue weighted by Gasteiger charge is 2.27. The van der Waals surface area contributed by atoms with Crippen molar-refractivity contribution in [3.63, 3.8) is 0 Å². The molecule has 0 radical (unpaired) electrons. The summed E-state index contributed by atoms with van der Waals surface area (Å²) in [6, 6.07) is 0. The van der Waals surface area contributed by atoms with Gasteiger partial charge >= 0.3 is 6.18 Å². The van der Waals surface area contributed by atoms with Gasteiger partial charge in [-0.05, 0) is 6.42 Å². The summed E-state index contributed by atoms with van der Waals surface area (Å²) in [5.74, 6) is 1.01. The van der Waals surface area contributed by atoms with Gasteiger partial charge in [-0.3, -0.25) is 4.98 Å². The van der Waals surface area contributed by atoms with Gasteiger partial charge in [-0.2, -0.15) is 13.2 Å². The number of anilines is 2. The minimum atomic E-state index is -4.15. The minimum Gasteiger partial charge on any atom is -0.369 e. The smallest absolute Gasteiger partial charge is 0.369 e. The normalized spacial score (nSPS) is 11.4. The van der Waals surface area contributed by atoms with Crippen LogP contribution in [0.2, 0.25) is 0 Å². The van der Waals surface area contributed by atoms with Gasteiger partial charge in [-0.15, -0.1) is 0 Å². The second kappa shape index (κ2) is 6.42. The van der Waals surface area contributed by atoms with Crippen LogP contribution in [0.5, 0.6) is 0 Å². The first kappa shape index (κ1) is 14.5. The molecule has 0 aromatic carbocycles. The summed E-state index contributed by atoms with van der Waals surface area (Å²) >= 11 is 0. The van der Waals surface area contributed by atoms with Crippen molar-refractivity contribution < 1.29 is 13.2 Å². The quantitative estimate of drug-likeness (QED) is 0.855. The standard InChI is InChI=1S/C11H17F3N4/c1-3-5-16-9-7-15-8-10(17-9)18(2)6-4-11(12,13)14/h7-8H,3-6H2,1-2H3,(H,16,17). The fraction of sp³-hybridized carbons (Fsp3) is 0.636. The van der Waals surface area contributed by atoms with Gasteiger partial charge in [0.05, 0.1) is 18.8 Å². The maximum atomic E-state index is 12.1. The SMILES string of the molecule is CCCNc1cncc(N(C)CCC(F)(F)F)n1. The number of alkyl halides is 3. The van der Waals surface area contributed by atoms with Gasteiger partial charge in [0.1, 0.15) is 11.6 Å². The summed E-state index contributed by atoms with van der Waals surface area (Å²) in [4.78, 5) is 9.59. The van der Waals surface area contributed by atoms with Crippen LogP contribution in [0.1, 0.15) is 19.8 Å². The summed E-state index contributed by atoms with van der Waals surface area (Å²) < 4.78 is 36.3. The van der Waals surface area contributed by atoms with Gasteiger partial charge in [0, 0.05) is 20.1 Å². The van der Waals surface area contributed by atoms with E-state index in [9.17, 15) is 13.2 Å². The summed E-state index contributed by atoms with van der Waals surface area (Å²) in [7, 11) is 1.57. The molecular formula is C11H17F3N4. The molecule has 1 aromatic rings. The van der Waals surface area contributed by atoms with E-state index >= 15 is 0 Å². The number of halogens is 3. The number of nitrogens with one attached hydrogen (secondary N) is 1. The molecule has 0 unspecified atom stereocenters. The van der Waals surface area contributed by atoms with Gasteiger partial charge in [-0.25, -0.2) is 4.98 Å². The average molecular weight is 262 g/mol. The predicted molar refractivity (Wildman–Crippen MR) is 64.8 cm³/mol. The van der Waals surface area contributed by atoms with E-state index in [-0.39, 0.29) is 6.54 Å². The Kier molecular flexibility index (Phi) is 5.18. The molecule has 0 spiro atoms. The fourth-order valence-electron chi connectivity index (χ4n) is 1.29. The van der Waals surface area contributed by atoms with Crippen molar-refractivity contribution in [2.24, 2.45) is 0 Å². The van der Waals surface area contributed by atoms with E-state index in [1.54, 1.807) is 13.2 Å². The van der Waals surface area contributed by atoms with Gasteiger partial charge in [0.2, 0.25) is 0 Å². The number of rotatable bonds is 6. The van der Waals surface area contributed by atoms with Crippen LogP contribution < -0.4 is 10.2 Å². The van der Waals surface area contributed by atoms with Crippen molar-refractivity contribution in [3.05, 3.63) is 12.4 Å². The van der Waals surface area contributed by atoms with Crippen molar-refractivity contribution in [2.45, 2.75) is 25.9 Å². The van der Waals surface area contributed by atoms with Gasteiger partial charge in [0.25, 0.3) is 0 Å². The molecule has 0 amide bonds. The zero-order valence-corrected chi connectivity index (χ0v) is 10.5. The Morgan fingerprint density at radius 1 is 1.33 bits per heavy atom. The van der Waals surface area contributed by atoms with Gasteiger partial charge in [0.15, 0.2) is 0 Å². The van der Waals surface area contributed by atoms with Crippen LogP contribution in [0.25, 0.3) is 0 Å². The van der Waals surface area contributed by atoms with Crippen LogP contribution in [0.4, 0.5) is 24.8 Å². The molecule has 102 valence electrons. The molecule has 18 heavy (non-hydrogen) atoms. The monoisotopic (exact) mass is 262 g/mol. The fourth-order valence-corrected chi connectivity index (χ4v) is 1.29. The average Bonchev–Trinajstić information content (AvgIpc) is 2.33. The molecular weight excluding hydrogens is 245 g/mol. The number of nitrogens with zero attached hydrogens (tertiary/aromatic N) is 3. The van der Waals surface area contributed by atoms with Crippen LogP contribution in [-0.2, 0) is 0 Å². The molecule has 0 fully saturated rings. The largest absolute Gasteiger partial charge is 0.390 e. The first-order valence-electron chi connectivity index (χ1n) is 5.76. The Hall–Kier alpha value is -1.53. The van der Waals surface area contributed by atoms with Gasteiger partial charge in [-0.1, -0.05) is 6.92 Å². The molecule has 0 atom stereocenters. The summed E-state index contributed by atoms with van der Waals surface area (Å²) in [6.07, 6.45) is -1.07. The lowest BCUT2D eigenvalue weighted by Gasteiger charge is -2.19. The molecule has 0 saturated carbocycles. The highest BCUT2D eigenvalue weighted by molar-refractivity contribution is 5.43. The van der Waals surface area contributed by atoms with Crippen LogP contribution in [0.3, 0.4) is 0 Å². The summed E-state index contributed by atoms with van der Waals surface area (Å²) in [5, 5.41) is 3.04. The molecule has 0 saturated heterocycles. The van der Waals surface area contributed by atoms with E-state index in [4.69, 9.17) is 0 Å². The first-order valence-corrected chi connectivity index (χ1v) is 5.76. The molecule has 7 heteroatoms. The Balaban J connectivity index is 2.59. The van der Waals surface area contributed by atoms with E-state index < -0.39 is 12.6 Å². The van der Waals surface area contributed by atoms with Crippen LogP contribution in [0.15, 0.2) is 12.4 Å². The van der Waals surface area contributed by atoms with Crippen molar-refractivity contribution >= 4 is 11.6 Å². The molecule has 0 aliphatic heterocycles. The van der Waals surface area contributed by atoms with E-state index in [0.29, 0.717) is 11.6 Å². The van der Waals surface area contributed by atoms with Crippen molar-refractivity contribution in [2.75, 3.05) is 30.4 Å². The third-order valence-corrected chi connectivity index (χ3v) is 2.30. The van der Waals surface area contributed by atoms with E-state index in [2.05, 4.69) is 15.3 Å². The maximum Gasteiger partial charge on any atom is 0.390 e. The van der Waals surface area contributed by atoms with Crippen molar-refractivity contribution in [3.8, 4) is 0 Å². The number of hydrogen-bond acceptors (Lipinski definition) is 4. The van der Waals surface area contributed by atoms with E-state index in [0.717, 1.165) is 13.0 Å². The zero-order chi connectivity index (χ0) is 13.6. The Morgan fingerprint density at radius 3 is 2.67 bits per heavy atom. The topological polar surface area (TPSA) is 41.1 Å². The first-order chi connectivity index (χ1) is 8.42. The Labute approximate surface area is 104 Å². The summed E-state index contributed by atoms with van der Waals surface area (Å²) in [5.41, 5.74) is 0. The predicted octanol–water partition coefficient (Wildman–Crippen LogP) is 2.69. The number of aromatic nitrogens is 2. The lowest BCUT2D eigenvalue weighted by atomic mass is 10.4. The number of hydrogen-bond donors (Lipinski definition) is 1. The third kappa shape index (κ3) is 5.20. The molecule has 0 aliphatic carbocycles. The Bertz CT molecular complexity index is 368. The second-order valence-corrected chi connectivity index (χ2v) is 3.98. The van der Waals surface area contributed by atoms with Crippen LogP contribution in [-0.4, -0.2) is 36.3 Å². The molecule has 1 heterocycles.